The van der Waals surface area contributed by atoms with Crippen molar-refractivity contribution in [3.63, 3.8) is 0 Å². The van der Waals surface area contributed by atoms with E-state index in [2.05, 4.69) is 36.3 Å². The SMILES string of the molecule is CC(C)c1cc(Nc2ccc(OC(F)(F)F)c(Br)c2)ncc1C(=O)NCC1CCOC(=O)C1. The zero-order chi connectivity index (χ0) is 24.2. The third kappa shape index (κ3) is 7.08. The molecule has 0 aliphatic carbocycles. The van der Waals surface area contributed by atoms with Crippen LogP contribution in [0.4, 0.5) is 24.7 Å². The molecule has 1 amide bonds. The molecule has 33 heavy (non-hydrogen) atoms. The Morgan fingerprint density at radius 1 is 1.33 bits per heavy atom. The number of cyclic esters (lactones) is 1. The number of carbonyl (C=O) groups excluding carboxylic acids is 2. The zero-order valence-corrected chi connectivity index (χ0v) is 19.5. The lowest BCUT2D eigenvalue weighted by Gasteiger charge is -2.22. The largest absolute Gasteiger partial charge is 0.573 e. The van der Waals surface area contributed by atoms with Crippen LogP contribution in [0.5, 0.6) is 5.75 Å². The van der Waals surface area contributed by atoms with E-state index >= 15 is 0 Å². The number of alkyl halides is 3. The quantitative estimate of drug-likeness (QED) is 0.473. The van der Waals surface area contributed by atoms with Crippen LogP contribution >= 0.6 is 15.9 Å². The summed E-state index contributed by atoms with van der Waals surface area (Å²) in [6.45, 7) is 4.60. The molecule has 11 heteroatoms. The minimum absolute atomic E-state index is 0.00764. The molecule has 3 rings (SSSR count). The number of rotatable bonds is 7. The average Bonchev–Trinajstić information content (AvgIpc) is 2.73. The number of halogens is 4. The molecule has 2 N–H and O–H groups in total. The van der Waals surface area contributed by atoms with Crippen LogP contribution in [0.3, 0.4) is 0 Å². The standard InChI is InChI=1S/C22H23BrF3N3O4/c1-12(2)15-9-19(29-14-3-4-18(17(23)8-14)33-22(24,25)26)27-11-16(15)21(31)28-10-13-5-6-32-20(30)7-13/h3-4,8-9,11-13H,5-7,10H2,1-2H3,(H,27,29)(H,28,31). The van der Waals surface area contributed by atoms with Gasteiger partial charge >= 0.3 is 12.3 Å². The van der Waals surface area contributed by atoms with Crippen LogP contribution in [0, 0.1) is 5.92 Å². The Bertz CT molecular complexity index is 1030. The van der Waals surface area contributed by atoms with Crippen molar-refractivity contribution >= 4 is 39.3 Å². The summed E-state index contributed by atoms with van der Waals surface area (Å²) in [4.78, 5) is 28.5. The number of hydrogen-bond acceptors (Lipinski definition) is 6. The zero-order valence-electron chi connectivity index (χ0n) is 18.0. The summed E-state index contributed by atoms with van der Waals surface area (Å²) < 4.78 is 46.3. The second-order valence-electron chi connectivity index (χ2n) is 7.92. The number of pyridine rings is 1. The number of hydrogen-bond donors (Lipinski definition) is 2. The summed E-state index contributed by atoms with van der Waals surface area (Å²) in [6.07, 6.45) is -2.35. The number of esters is 1. The first-order valence-corrected chi connectivity index (χ1v) is 11.1. The summed E-state index contributed by atoms with van der Waals surface area (Å²) >= 11 is 3.07. The Labute approximate surface area is 197 Å². The molecule has 1 atom stereocenters. The van der Waals surface area contributed by atoms with Crippen molar-refractivity contribution in [2.24, 2.45) is 5.92 Å². The molecule has 0 saturated carbocycles. The lowest BCUT2D eigenvalue weighted by molar-refractivity contribution is -0.274. The van der Waals surface area contributed by atoms with Crippen molar-refractivity contribution in [3.05, 3.63) is 46.1 Å². The molecule has 1 aromatic carbocycles. The van der Waals surface area contributed by atoms with Crippen molar-refractivity contribution in [1.82, 2.24) is 10.3 Å². The van der Waals surface area contributed by atoms with Crippen LogP contribution < -0.4 is 15.4 Å². The van der Waals surface area contributed by atoms with E-state index in [0.717, 1.165) is 5.56 Å². The van der Waals surface area contributed by atoms with Crippen molar-refractivity contribution in [1.29, 1.82) is 0 Å². The fourth-order valence-corrected chi connectivity index (χ4v) is 3.84. The molecule has 0 bridgehead atoms. The van der Waals surface area contributed by atoms with Gasteiger partial charge in [0.25, 0.3) is 5.91 Å². The number of carbonyl (C=O) groups is 2. The Balaban J connectivity index is 1.71. The van der Waals surface area contributed by atoms with Gasteiger partial charge in [-0.25, -0.2) is 4.98 Å². The molecular formula is C22H23BrF3N3O4. The van der Waals surface area contributed by atoms with Gasteiger partial charge in [-0.05, 0) is 64.0 Å². The van der Waals surface area contributed by atoms with Crippen molar-refractivity contribution < 1.29 is 32.2 Å². The van der Waals surface area contributed by atoms with E-state index in [-0.39, 0.29) is 40.4 Å². The number of nitrogens with zero attached hydrogens (tertiary/aromatic N) is 1. The predicted molar refractivity (Wildman–Crippen MR) is 118 cm³/mol. The third-order valence-electron chi connectivity index (χ3n) is 5.03. The van der Waals surface area contributed by atoms with E-state index in [1.165, 1.54) is 24.4 Å². The maximum atomic E-state index is 12.8. The highest BCUT2D eigenvalue weighted by atomic mass is 79.9. The highest BCUT2D eigenvalue weighted by molar-refractivity contribution is 9.10. The van der Waals surface area contributed by atoms with Crippen molar-refractivity contribution in [2.45, 2.75) is 39.0 Å². The smallest absolute Gasteiger partial charge is 0.466 e. The Morgan fingerprint density at radius 2 is 2.09 bits per heavy atom. The third-order valence-corrected chi connectivity index (χ3v) is 5.65. The molecule has 7 nitrogen and oxygen atoms in total. The molecule has 1 unspecified atom stereocenters. The first-order valence-electron chi connectivity index (χ1n) is 10.3. The summed E-state index contributed by atoms with van der Waals surface area (Å²) in [5, 5.41) is 5.89. The van der Waals surface area contributed by atoms with E-state index in [1.54, 1.807) is 6.07 Å². The number of ether oxygens (including phenoxy) is 2. The molecule has 1 saturated heterocycles. The summed E-state index contributed by atoms with van der Waals surface area (Å²) in [5.41, 5.74) is 1.66. The molecule has 0 spiro atoms. The molecule has 1 aliphatic heterocycles. The number of amides is 1. The Morgan fingerprint density at radius 3 is 2.73 bits per heavy atom. The highest BCUT2D eigenvalue weighted by Crippen LogP contribution is 2.33. The van der Waals surface area contributed by atoms with Gasteiger partial charge in [-0.15, -0.1) is 13.2 Å². The van der Waals surface area contributed by atoms with E-state index < -0.39 is 6.36 Å². The van der Waals surface area contributed by atoms with Gasteiger partial charge in [-0.2, -0.15) is 0 Å². The van der Waals surface area contributed by atoms with Gasteiger partial charge in [0.1, 0.15) is 11.6 Å². The van der Waals surface area contributed by atoms with Gasteiger partial charge in [0.05, 0.1) is 23.1 Å². The summed E-state index contributed by atoms with van der Waals surface area (Å²) in [6, 6.07) is 5.78. The first-order chi connectivity index (χ1) is 15.5. The van der Waals surface area contributed by atoms with Crippen LogP contribution in [0.25, 0.3) is 0 Å². The highest BCUT2D eigenvalue weighted by Gasteiger charge is 2.32. The topological polar surface area (TPSA) is 89.6 Å². The van der Waals surface area contributed by atoms with Crippen molar-refractivity contribution in [3.8, 4) is 5.75 Å². The minimum atomic E-state index is -4.79. The maximum Gasteiger partial charge on any atom is 0.573 e. The monoisotopic (exact) mass is 529 g/mol. The van der Waals surface area contributed by atoms with Gasteiger partial charge in [0, 0.05) is 18.4 Å². The van der Waals surface area contributed by atoms with E-state index in [4.69, 9.17) is 4.74 Å². The molecule has 2 heterocycles. The molecule has 178 valence electrons. The number of benzene rings is 1. The van der Waals surface area contributed by atoms with Crippen LogP contribution in [0.15, 0.2) is 34.9 Å². The van der Waals surface area contributed by atoms with E-state index in [1.807, 2.05) is 13.8 Å². The Hall–Kier alpha value is -2.82. The van der Waals surface area contributed by atoms with Crippen LogP contribution in [0.1, 0.15) is 48.5 Å². The first kappa shape index (κ1) is 24.8. The lowest BCUT2D eigenvalue weighted by Crippen LogP contribution is -2.34. The van der Waals surface area contributed by atoms with Crippen LogP contribution in [-0.2, 0) is 9.53 Å². The van der Waals surface area contributed by atoms with E-state index in [9.17, 15) is 22.8 Å². The van der Waals surface area contributed by atoms with Gasteiger partial charge < -0.3 is 20.1 Å². The van der Waals surface area contributed by atoms with Gasteiger partial charge in [0.2, 0.25) is 0 Å². The van der Waals surface area contributed by atoms with E-state index in [0.29, 0.717) is 36.6 Å². The summed E-state index contributed by atoms with van der Waals surface area (Å²) in [7, 11) is 0. The number of nitrogens with one attached hydrogen (secondary N) is 2. The van der Waals surface area contributed by atoms with Crippen LogP contribution in [0.2, 0.25) is 0 Å². The van der Waals surface area contributed by atoms with Crippen molar-refractivity contribution in [2.75, 3.05) is 18.5 Å². The normalized spacial score (nSPS) is 16.3. The average molecular weight is 530 g/mol. The number of aromatic nitrogens is 1. The Kier molecular flexibility index (Phi) is 7.83. The van der Waals surface area contributed by atoms with Gasteiger partial charge in [-0.3, -0.25) is 9.59 Å². The fourth-order valence-electron chi connectivity index (χ4n) is 3.38. The molecular weight excluding hydrogens is 507 g/mol. The minimum Gasteiger partial charge on any atom is -0.466 e. The second kappa shape index (κ2) is 10.4. The lowest BCUT2D eigenvalue weighted by atomic mass is 9.97. The summed E-state index contributed by atoms with van der Waals surface area (Å²) in [5.74, 6) is -0.426. The predicted octanol–water partition coefficient (Wildman–Crippen LogP) is 5.29. The molecule has 0 radical (unpaired) electrons. The number of anilines is 2. The fraction of sp³-hybridized carbons (Fsp3) is 0.409. The molecule has 1 aromatic heterocycles. The molecule has 1 fully saturated rings. The van der Waals surface area contributed by atoms with Gasteiger partial charge in [-0.1, -0.05) is 13.8 Å². The molecule has 1 aliphatic rings. The second-order valence-corrected chi connectivity index (χ2v) is 8.77. The molecule has 2 aromatic rings. The van der Waals surface area contributed by atoms with Crippen LogP contribution in [-0.4, -0.2) is 36.4 Å². The van der Waals surface area contributed by atoms with Gasteiger partial charge in [0.15, 0.2) is 0 Å². The maximum absolute atomic E-state index is 12.8.